The van der Waals surface area contributed by atoms with E-state index in [9.17, 15) is 9.59 Å². The molecule has 1 aromatic heterocycles. The molecule has 2 rings (SSSR count). The highest BCUT2D eigenvalue weighted by molar-refractivity contribution is 5.97. The van der Waals surface area contributed by atoms with Crippen LogP contribution in [-0.2, 0) is 9.59 Å². The zero-order valence-corrected chi connectivity index (χ0v) is 11.9. The molecule has 0 aliphatic heterocycles. The first-order valence-corrected chi connectivity index (χ1v) is 7.25. The Balaban J connectivity index is 1.69. The Bertz CT molecular complexity index is 496. The molecule has 1 aliphatic carbocycles. The molecule has 1 fully saturated rings. The van der Waals surface area contributed by atoms with Crippen LogP contribution in [0.4, 0.5) is 0 Å². The van der Waals surface area contributed by atoms with Gasteiger partial charge in [-0.2, -0.15) is 5.10 Å². The van der Waals surface area contributed by atoms with E-state index >= 15 is 0 Å². The highest BCUT2D eigenvalue weighted by atomic mass is 16.2. The lowest BCUT2D eigenvalue weighted by molar-refractivity contribution is -0.129. The summed E-state index contributed by atoms with van der Waals surface area (Å²) in [5.74, 6) is -0.653. The van der Waals surface area contributed by atoms with Gasteiger partial charge in [0, 0.05) is 24.0 Å². The molecule has 0 bridgehead atoms. The van der Waals surface area contributed by atoms with Crippen LogP contribution in [-0.4, -0.2) is 29.1 Å². The van der Waals surface area contributed by atoms with Gasteiger partial charge in [-0.05, 0) is 18.9 Å². The quantitative estimate of drug-likeness (QED) is 0.487. The van der Waals surface area contributed by atoms with Crippen LogP contribution in [0, 0.1) is 0 Å². The summed E-state index contributed by atoms with van der Waals surface area (Å²) < 4.78 is 0. The van der Waals surface area contributed by atoms with Gasteiger partial charge in [-0.3, -0.25) is 14.6 Å². The van der Waals surface area contributed by atoms with Gasteiger partial charge in [0.05, 0.1) is 6.21 Å². The van der Waals surface area contributed by atoms with E-state index in [1.807, 2.05) is 6.07 Å². The normalized spacial score (nSPS) is 15.8. The zero-order chi connectivity index (χ0) is 14.9. The third kappa shape index (κ3) is 5.72. The van der Waals surface area contributed by atoms with Gasteiger partial charge in [0.2, 0.25) is 11.8 Å². The van der Waals surface area contributed by atoms with Gasteiger partial charge in [-0.1, -0.05) is 25.3 Å². The molecule has 0 atom stereocenters. The van der Waals surface area contributed by atoms with Crippen LogP contribution in [0.5, 0.6) is 0 Å². The van der Waals surface area contributed by atoms with Crippen LogP contribution in [0.2, 0.25) is 0 Å². The largest absolute Gasteiger partial charge is 0.353 e. The molecular formula is C15H20N4O2. The number of nitrogens with zero attached hydrogens (tertiary/aromatic N) is 2. The fourth-order valence-corrected chi connectivity index (χ4v) is 2.34. The summed E-state index contributed by atoms with van der Waals surface area (Å²) in [5, 5.41) is 6.69. The van der Waals surface area contributed by atoms with Crippen molar-refractivity contribution in [2.24, 2.45) is 5.10 Å². The minimum atomic E-state index is -0.413. The van der Waals surface area contributed by atoms with Gasteiger partial charge in [0.1, 0.15) is 6.42 Å². The summed E-state index contributed by atoms with van der Waals surface area (Å²) in [4.78, 5) is 27.2. The average Bonchev–Trinajstić information content (AvgIpc) is 2.49. The van der Waals surface area contributed by atoms with Crippen LogP contribution in [0.15, 0.2) is 29.6 Å². The minimum absolute atomic E-state index is 0.194. The Hall–Kier alpha value is -2.24. The van der Waals surface area contributed by atoms with Crippen molar-refractivity contribution in [3.8, 4) is 0 Å². The van der Waals surface area contributed by atoms with Gasteiger partial charge in [-0.25, -0.2) is 5.43 Å². The SMILES string of the molecule is O=C(CC(=O)NC1CCCCC1)N/N=C/c1cccnc1. The van der Waals surface area contributed by atoms with Crippen LogP contribution in [0.25, 0.3) is 0 Å². The number of amides is 2. The molecule has 1 aromatic rings. The van der Waals surface area contributed by atoms with Crippen molar-refractivity contribution in [1.82, 2.24) is 15.7 Å². The van der Waals surface area contributed by atoms with Crippen molar-refractivity contribution in [3.05, 3.63) is 30.1 Å². The standard InChI is InChI=1S/C15H20N4O2/c20-14(18-13-6-2-1-3-7-13)9-15(21)19-17-11-12-5-4-8-16-10-12/h4-5,8,10-11,13H,1-3,6-7,9H2,(H,18,20)(H,19,21)/b17-11+. The molecule has 1 saturated carbocycles. The number of hydrazone groups is 1. The number of carbonyl (C=O) groups excluding carboxylic acids is 2. The van der Waals surface area contributed by atoms with E-state index in [1.165, 1.54) is 12.6 Å². The van der Waals surface area contributed by atoms with Crippen LogP contribution in [0.3, 0.4) is 0 Å². The number of rotatable bonds is 5. The maximum Gasteiger partial charge on any atom is 0.249 e. The lowest BCUT2D eigenvalue weighted by Gasteiger charge is -2.22. The Morgan fingerprint density at radius 1 is 1.29 bits per heavy atom. The summed E-state index contributed by atoms with van der Waals surface area (Å²) in [6, 6.07) is 3.82. The van der Waals surface area contributed by atoms with E-state index in [1.54, 1.807) is 18.5 Å². The lowest BCUT2D eigenvalue weighted by Crippen LogP contribution is -2.38. The van der Waals surface area contributed by atoms with Gasteiger partial charge < -0.3 is 5.32 Å². The molecule has 6 nitrogen and oxygen atoms in total. The van der Waals surface area contributed by atoms with Crippen molar-refractivity contribution >= 4 is 18.0 Å². The third-order valence-electron chi connectivity index (χ3n) is 3.38. The van der Waals surface area contributed by atoms with Crippen molar-refractivity contribution in [3.63, 3.8) is 0 Å². The van der Waals surface area contributed by atoms with E-state index in [2.05, 4.69) is 20.8 Å². The van der Waals surface area contributed by atoms with Gasteiger partial charge in [-0.15, -0.1) is 0 Å². The lowest BCUT2D eigenvalue weighted by atomic mass is 9.95. The second kappa shape index (κ2) is 8.14. The van der Waals surface area contributed by atoms with Crippen molar-refractivity contribution in [1.29, 1.82) is 0 Å². The summed E-state index contributed by atoms with van der Waals surface area (Å²) >= 11 is 0. The van der Waals surface area contributed by atoms with Crippen LogP contribution in [0.1, 0.15) is 44.1 Å². The van der Waals surface area contributed by atoms with Crippen molar-refractivity contribution < 1.29 is 9.59 Å². The van der Waals surface area contributed by atoms with E-state index in [4.69, 9.17) is 0 Å². The molecule has 1 aliphatic rings. The second-order valence-corrected chi connectivity index (χ2v) is 5.16. The molecule has 2 amide bonds. The predicted octanol–water partition coefficient (Wildman–Crippen LogP) is 1.37. The zero-order valence-electron chi connectivity index (χ0n) is 11.9. The first-order valence-electron chi connectivity index (χ1n) is 7.25. The summed E-state index contributed by atoms with van der Waals surface area (Å²) in [6.07, 6.45) is 10.1. The molecule has 0 spiro atoms. The highest BCUT2D eigenvalue weighted by Crippen LogP contribution is 2.17. The molecule has 0 radical (unpaired) electrons. The molecule has 6 heteroatoms. The van der Waals surface area contributed by atoms with E-state index < -0.39 is 5.91 Å². The Labute approximate surface area is 124 Å². The molecular weight excluding hydrogens is 268 g/mol. The minimum Gasteiger partial charge on any atom is -0.353 e. The second-order valence-electron chi connectivity index (χ2n) is 5.16. The molecule has 0 aromatic carbocycles. The number of aromatic nitrogens is 1. The number of hydrogen-bond donors (Lipinski definition) is 2. The summed E-state index contributed by atoms with van der Waals surface area (Å²) in [5.41, 5.74) is 3.12. The number of nitrogens with one attached hydrogen (secondary N) is 2. The number of carbonyl (C=O) groups is 2. The van der Waals surface area contributed by atoms with Gasteiger partial charge in [0.25, 0.3) is 0 Å². The van der Waals surface area contributed by atoms with Gasteiger partial charge in [0.15, 0.2) is 0 Å². The molecule has 0 saturated heterocycles. The van der Waals surface area contributed by atoms with E-state index in [0.29, 0.717) is 0 Å². The maximum atomic E-state index is 11.7. The Morgan fingerprint density at radius 2 is 2.10 bits per heavy atom. The molecule has 21 heavy (non-hydrogen) atoms. The topological polar surface area (TPSA) is 83.5 Å². The Kier molecular flexibility index (Phi) is 5.87. The predicted molar refractivity (Wildman–Crippen MR) is 79.6 cm³/mol. The third-order valence-corrected chi connectivity index (χ3v) is 3.38. The van der Waals surface area contributed by atoms with Crippen LogP contribution < -0.4 is 10.7 Å². The smallest absolute Gasteiger partial charge is 0.249 e. The van der Waals surface area contributed by atoms with E-state index in [-0.39, 0.29) is 18.4 Å². The number of hydrogen-bond acceptors (Lipinski definition) is 4. The molecule has 2 N–H and O–H groups in total. The number of pyridine rings is 1. The first-order chi connectivity index (χ1) is 10.2. The van der Waals surface area contributed by atoms with Crippen molar-refractivity contribution in [2.75, 3.05) is 0 Å². The fraction of sp³-hybridized carbons (Fsp3) is 0.467. The van der Waals surface area contributed by atoms with Gasteiger partial charge >= 0.3 is 0 Å². The average molecular weight is 288 g/mol. The summed E-state index contributed by atoms with van der Waals surface area (Å²) in [7, 11) is 0. The van der Waals surface area contributed by atoms with Crippen molar-refractivity contribution in [2.45, 2.75) is 44.6 Å². The molecule has 0 unspecified atom stereocenters. The highest BCUT2D eigenvalue weighted by Gasteiger charge is 2.17. The molecule has 1 heterocycles. The monoisotopic (exact) mass is 288 g/mol. The van der Waals surface area contributed by atoms with E-state index in [0.717, 1.165) is 31.2 Å². The first kappa shape index (κ1) is 15.2. The maximum absolute atomic E-state index is 11.7. The van der Waals surface area contributed by atoms with Crippen LogP contribution >= 0.6 is 0 Å². The fourth-order valence-electron chi connectivity index (χ4n) is 2.34. The Morgan fingerprint density at radius 3 is 2.81 bits per heavy atom. The summed E-state index contributed by atoms with van der Waals surface area (Å²) in [6.45, 7) is 0. The molecule has 112 valence electrons.